The molecule has 1 saturated heterocycles. The normalized spacial score (nSPS) is 19.0. The summed E-state index contributed by atoms with van der Waals surface area (Å²) >= 11 is 0. The first kappa shape index (κ1) is 20.2. The van der Waals surface area contributed by atoms with Gasteiger partial charge in [0.2, 0.25) is 11.8 Å². The van der Waals surface area contributed by atoms with Gasteiger partial charge in [-0.3, -0.25) is 9.59 Å². The maximum absolute atomic E-state index is 12.7. The van der Waals surface area contributed by atoms with E-state index in [0.29, 0.717) is 32.0 Å². The fourth-order valence-corrected chi connectivity index (χ4v) is 3.59. The van der Waals surface area contributed by atoms with E-state index in [4.69, 9.17) is 0 Å². The first-order chi connectivity index (χ1) is 13.2. The van der Waals surface area contributed by atoms with Crippen LogP contribution in [-0.4, -0.2) is 53.4 Å². The van der Waals surface area contributed by atoms with Crippen LogP contribution in [0.4, 0.5) is 19.0 Å². The Kier molecular flexibility index (Phi) is 5.62. The molecule has 9 heteroatoms. The summed E-state index contributed by atoms with van der Waals surface area (Å²) in [6.07, 6.45) is 0.399. The van der Waals surface area contributed by atoms with Crippen LogP contribution >= 0.6 is 0 Å². The fraction of sp³-hybridized carbons (Fsp3) is 0.526. The number of pyridine rings is 1. The zero-order valence-electron chi connectivity index (χ0n) is 15.5. The number of piperazine rings is 1. The molecule has 0 spiro atoms. The van der Waals surface area contributed by atoms with Crippen LogP contribution in [0, 0.1) is 0 Å². The predicted octanol–water partition coefficient (Wildman–Crippen LogP) is 2.36. The highest BCUT2D eigenvalue weighted by atomic mass is 19.4. The minimum absolute atomic E-state index is 0.0240. The van der Waals surface area contributed by atoms with Crippen LogP contribution < -0.4 is 10.2 Å². The average molecular weight is 396 g/mol. The molecule has 0 atom stereocenters. The van der Waals surface area contributed by atoms with Crippen molar-refractivity contribution in [3.8, 4) is 0 Å². The molecule has 1 N–H and O–H groups in total. The third-order valence-corrected chi connectivity index (χ3v) is 5.41. The minimum atomic E-state index is -4.41. The molecule has 2 aliphatic rings. The van der Waals surface area contributed by atoms with Crippen LogP contribution in [0.2, 0.25) is 0 Å². The van der Waals surface area contributed by atoms with Crippen molar-refractivity contribution in [3.05, 3.63) is 36.5 Å². The number of carbonyl (C=O) groups excluding carboxylic acids is 2. The first-order valence-corrected chi connectivity index (χ1v) is 9.23. The highest BCUT2D eigenvalue weighted by molar-refractivity contribution is 5.88. The van der Waals surface area contributed by atoms with Gasteiger partial charge in [-0.2, -0.15) is 13.2 Å². The molecular weight excluding hydrogens is 373 g/mol. The Balaban J connectivity index is 1.54. The van der Waals surface area contributed by atoms with Crippen molar-refractivity contribution in [2.75, 3.05) is 31.1 Å². The van der Waals surface area contributed by atoms with Crippen molar-refractivity contribution in [2.45, 2.75) is 37.4 Å². The van der Waals surface area contributed by atoms with E-state index >= 15 is 0 Å². The molecule has 1 aromatic rings. The Morgan fingerprint density at radius 2 is 1.89 bits per heavy atom. The summed E-state index contributed by atoms with van der Waals surface area (Å²) in [7, 11) is 0. The summed E-state index contributed by atoms with van der Waals surface area (Å²) in [6, 6.07) is 2.37. The molecule has 152 valence electrons. The molecule has 1 saturated carbocycles. The monoisotopic (exact) mass is 396 g/mol. The van der Waals surface area contributed by atoms with Gasteiger partial charge in [0.15, 0.2) is 0 Å². The SMILES string of the molecule is C=CC(=O)NC1(CC(=O)N2CCN(c3ccc(C(F)(F)F)cn3)CC2)CCC1. The lowest BCUT2D eigenvalue weighted by Crippen LogP contribution is -2.57. The first-order valence-electron chi connectivity index (χ1n) is 9.23. The molecule has 0 radical (unpaired) electrons. The second-order valence-electron chi connectivity index (χ2n) is 7.27. The van der Waals surface area contributed by atoms with Gasteiger partial charge in [0.25, 0.3) is 0 Å². The van der Waals surface area contributed by atoms with Crippen molar-refractivity contribution < 1.29 is 22.8 Å². The van der Waals surface area contributed by atoms with Gasteiger partial charge < -0.3 is 15.1 Å². The number of alkyl halides is 3. The lowest BCUT2D eigenvalue weighted by molar-refractivity contribution is -0.138. The molecule has 2 amide bonds. The number of nitrogens with zero attached hydrogens (tertiary/aromatic N) is 3. The molecular formula is C19H23F3N4O2. The van der Waals surface area contributed by atoms with Gasteiger partial charge in [0.1, 0.15) is 5.82 Å². The van der Waals surface area contributed by atoms with Gasteiger partial charge in [-0.25, -0.2) is 4.98 Å². The maximum atomic E-state index is 12.7. The van der Waals surface area contributed by atoms with Crippen LogP contribution in [0.25, 0.3) is 0 Å². The average Bonchev–Trinajstić information content (AvgIpc) is 2.65. The standard InChI is InChI=1S/C19H23F3N4O2/c1-2-16(27)24-18(6-3-7-18)12-17(28)26-10-8-25(9-11-26)15-5-4-14(13-23-15)19(20,21)22/h2,4-5,13H,1,3,6-12H2,(H,24,27). The summed E-state index contributed by atoms with van der Waals surface area (Å²) in [5, 5.41) is 2.88. The molecule has 6 nitrogen and oxygen atoms in total. The number of halogens is 3. The smallest absolute Gasteiger partial charge is 0.353 e. The van der Waals surface area contributed by atoms with Gasteiger partial charge in [0, 0.05) is 44.3 Å². The van der Waals surface area contributed by atoms with Gasteiger partial charge in [0.05, 0.1) is 5.56 Å². The number of aromatic nitrogens is 1. The van der Waals surface area contributed by atoms with E-state index in [2.05, 4.69) is 16.9 Å². The summed E-state index contributed by atoms with van der Waals surface area (Å²) in [5.74, 6) is 0.170. The largest absolute Gasteiger partial charge is 0.417 e. The highest BCUT2D eigenvalue weighted by Gasteiger charge is 2.41. The van der Waals surface area contributed by atoms with Gasteiger partial charge >= 0.3 is 6.18 Å². The number of rotatable bonds is 5. The Morgan fingerprint density at radius 1 is 1.21 bits per heavy atom. The van der Waals surface area contributed by atoms with Crippen LogP contribution in [0.15, 0.2) is 31.0 Å². The van der Waals surface area contributed by atoms with E-state index in [1.165, 1.54) is 12.1 Å². The van der Waals surface area contributed by atoms with Crippen LogP contribution in [0.1, 0.15) is 31.2 Å². The van der Waals surface area contributed by atoms with Gasteiger partial charge in [-0.05, 0) is 37.5 Å². The molecule has 2 heterocycles. The Hall–Kier alpha value is -2.58. The molecule has 0 bridgehead atoms. The van der Waals surface area contributed by atoms with Gasteiger partial charge in [-0.1, -0.05) is 6.58 Å². The topological polar surface area (TPSA) is 65.5 Å². The molecule has 1 aliphatic heterocycles. The fourth-order valence-electron chi connectivity index (χ4n) is 3.59. The number of nitrogens with one attached hydrogen (secondary N) is 1. The third-order valence-electron chi connectivity index (χ3n) is 5.41. The van der Waals surface area contributed by atoms with E-state index in [1.807, 2.05) is 4.90 Å². The molecule has 1 aliphatic carbocycles. The van der Waals surface area contributed by atoms with Crippen molar-refractivity contribution in [3.63, 3.8) is 0 Å². The summed E-state index contributed by atoms with van der Waals surface area (Å²) in [6.45, 7) is 5.37. The third kappa shape index (κ3) is 4.45. The zero-order valence-corrected chi connectivity index (χ0v) is 15.5. The molecule has 0 unspecified atom stereocenters. The van der Waals surface area contributed by atoms with Crippen molar-refractivity contribution in [1.82, 2.24) is 15.2 Å². The second-order valence-corrected chi connectivity index (χ2v) is 7.27. The Morgan fingerprint density at radius 3 is 2.36 bits per heavy atom. The van der Waals surface area contributed by atoms with E-state index in [1.54, 1.807) is 4.90 Å². The molecule has 28 heavy (non-hydrogen) atoms. The van der Waals surface area contributed by atoms with Crippen LogP contribution in [-0.2, 0) is 15.8 Å². The Labute approximate surface area is 161 Å². The Bertz CT molecular complexity index is 737. The quantitative estimate of drug-likeness (QED) is 0.776. The lowest BCUT2D eigenvalue weighted by atomic mass is 9.74. The predicted molar refractivity (Wildman–Crippen MR) is 97.6 cm³/mol. The van der Waals surface area contributed by atoms with Gasteiger partial charge in [-0.15, -0.1) is 0 Å². The number of anilines is 1. The molecule has 2 fully saturated rings. The summed E-state index contributed by atoms with van der Waals surface area (Å²) in [4.78, 5) is 31.8. The van der Waals surface area contributed by atoms with E-state index < -0.39 is 17.3 Å². The molecule has 1 aromatic heterocycles. The van der Waals surface area contributed by atoms with E-state index in [-0.39, 0.29) is 18.2 Å². The van der Waals surface area contributed by atoms with Crippen LogP contribution in [0.3, 0.4) is 0 Å². The number of hydrogen-bond acceptors (Lipinski definition) is 4. The number of amides is 2. The summed E-state index contributed by atoms with van der Waals surface area (Å²) < 4.78 is 37.9. The number of hydrogen-bond donors (Lipinski definition) is 1. The number of carbonyl (C=O) groups is 2. The van der Waals surface area contributed by atoms with E-state index in [0.717, 1.165) is 31.5 Å². The molecule has 3 rings (SSSR count). The van der Waals surface area contributed by atoms with Crippen molar-refractivity contribution in [2.24, 2.45) is 0 Å². The summed E-state index contributed by atoms with van der Waals surface area (Å²) in [5.41, 5.74) is -1.26. The molecule has 0 aromatic carbocycles. The maximum Gasteiger partial charge on any atom is 0.417 e. The minimum Gasteiger partial charge on any atom is -0.353 e. The second kappa shape index (κ2) is 7.81. The highest BCUT2D eigenvalue weighted by Crippen LogP contribution is 2.35. The van der Waals surface area contributed by atoms with Crippen LogP contribution in [0.5, 0.6) is 0 Å². The van der Waals surface area contributed by atoms with E-state index in [9.17, 15) is 22.8 Å². The van der Waals surface area contributed by atoms with Crippen molar-refractivity contribution in [1.29, 1.82) is 0 Å². The lowest BCUT2D eigenvalue weighted by Gasteiger charge is -2.44. The van der Waals surface area contributed by atoms with Crippen molar-refractivity contribution >= 4 is 17.6 Å². The zero-order chi connectivity index (χ0) is 20.4.